The Balaban J connectivity index is 1.26. The molecule has 3 aromatic rings. The number of H-pyrrole nitrogens is 1. The molecule has 6 rings (SSSR count). The summed E-state index contributed by atoms with van der Waals surface area (Å²) in [5, 5.41) is 8.09. The van der Waals surface area contributed by atoms with Crippen LogP contribution < -0.4 is 5.56 Å². The summed E-state index contributed by atoms with van der Waals surface area (Å²) in [7, 11) is 0. The van der Waals surface area contributed by atoms with Crippen LogP contribution in [0.15, 0.2) is 47.3 Å². The van der Waals surface area contributed by atoms with E-state index in [0.29, 0.717) is 41.9 Å². The zero-order chi connectivity index (χ0) is 21.8. The van der Waals surface area contributed by atoms with Gasteiger partial charge in [0.25, 0.3) is 11.5 Å². The van der Waals surface area contributed by atoms with Crippen molar-refractivity contribution in [2.45, 2.75) is 25.3 Å². The number of fused-ring (bicyclic) bond motifs is 4. The molecule has 1 N–H and O–H groups in total. The summed E-state index contributed by atoms with van der Waals surface area (Å²) in [5.41, 5.74) is 1.38. The second-order valence-electron chi connectivity index (χ2n) is 9.37. The Kier molecular flexibility index (Phi) is 4.61. The smallest absolute Gasteiger partial charge is 0.272 e. The van der Waals surface area contributed by atoms with Gasteiger partial charge >= 0.3 is 0 Å². The number of hydrogen-bond donors (Lipinski definition) is 1. The van der Waals surface area contributed by atoms with E-state index in [0.717, 1.165) is 24.0 Å². The number of aromatic nitrogens is 2. The molecule has 0 radical (unpaired) electrons. The summed E-state index contributed by atoms with van der Waals surface area (Å²) in [4.78, 5) is 29.7. The number of halogens is 1. The molecule has 7 heteroatoms. The third kappa shape index (κ3) is 3.14. The predicted molar refractivity (Wildman–Crippen MR) is 119 cm³/mol. The van der Waals surface area contributed by atoms with Gasteiger partial charge in [0, 0.05) is 37.5 Å². The quantitative estimate of drug-likeness (QED) is 0.691. The fourth-order valence-electron chi connectivity index (χ4n) is 6.07. The molecule has 3 aliphatic heterocycles. The van der Waals surface area contributed by atoms with Crippen molar-refractivity contribution in [3.05, 3.63) is 75.5 Å². The first-order valence-corrected chi connectivity index (χ1v) is 11.4. The predicted octanol–water partition coefficient (Wildman–Crippen LogP) is 2.82. The zero-order valence-electron chi connectivity index (χ0n) is 17.8. The first-order valence-electron chi connectivity index (χ1n) is 11.4. The first kappa shape index (κ1) is 19.6. The highest BCUT2D eigenvalue weighted by molar-refractivity contribution is 5.95. The van der Waals surface area contributed by atoms with Crippen LogP contribution in [0.3, 0.4) is 0 Å². The molecule has 32 heavy (non-hydrogen) atoms. The van der Waals surface area contributed by atoms with Crippen LogP contribution in [0, 0.1) is 17.7 Å². The summed E-state index contributed by atoms with van der Waals surface area (Å²) in [6, 6.07) is 12.6. The van der Waals surface area contributed by atoms with Gasteiger partial charge in [-0.2, -0.15) is 5.10 Å². The van der Waals surface area contributed by atoms with Gasteiger partial charge in [0.2, 0.25) is 0 Å². The van der Waals surface area contributed by atoms with Gasteiger partial charge in [0.1, 0.15) is 5.82 Å². The molecule has 0 aliphatic carbocycles. The molecular formula is C25H25FN4O2. The summed E-state index contributed by atoms with van der Waals surface area (Å²) in [6.07, 6.45) is 2.86. The van der Waals surface area contributed by atoms with Crippen molar-refractivity contribution < 1.29 is 9.18 Å². The summed E-state index contributed by atoms with van der Waals surface area (Å²) >= 11 is 0. The lowest BCUT2D eigenvalue weighted by Gasteiger charge is -2.23. The van der Waals surface area contributed by atoms with Crippen molar-refractivity contribution in [2.24, 2.45) is 11.8 Å². The molecule has 3 saturated heterocycles. The van der Waals surface area contributed by atoms with Gasteiger partial charge in [0.15, 0.2) is 0 Å². The Labute approximate surface area is 185 Å². The molecule has 2 aromatic carbocycles. The maximum Gasteiger partial charge on any atom is 0.272 e. The molecule has 0 spiro atoms. The van der Waals surface area contributed by atoms with Crippen molar-refractivity contribution in [1.82, 2.24) is 20.0 Å². The third-order valence-electron chi connectivity index (χ3n) is 7.56. The highest BCUT2D eigenvalue weighted by Gasteiger charge is 2.49. The van der Waals surface area contributed by atoms with Crippen LogP contribution in [0.2, 0.25) is 0 Å². The highest BCUT2D eigenvalue weighted by atomic mass is 19.1. The van der Waals surface area contributed by atoms with Gasteiger partial charge < -0.3 is 4.90 Å². The molecular weight excluding hydrogens is 407 g/mol. The molecule has 3 aliphatic rings. The number of hydrogen-bond acceptors (Lipinski definition) is 4. The van der Waals surface area contributed by atoms with E-state index in [9.17, 15) is 14.0 Å². The van der Waals surface area contributed by atoms with E-state index in [-0.39, 0.29) is 17.0 Å². The molecule has 164 valence electrons. The number of likely N-dealkylation sites (tertiary alicyclic amines) is 1. The van der Waals surface area contributed by atoms with Crippen molar-refractivity contribution in [1.29, 1.82) is 0 Å². The molecule has 1 amide bonds. The van der Waals surface area contributed by atoms with Crippen molar-refractivity contribution in [2.75, 3.05) is 26.2 Å². The standard InChI is InChI=1S/C25H25FN4O2/c26-21-8-7-15(11-22-17-4-1-2-5-18(17)24(31)28-27-22)10-19(21)25(32)30-13-16-12-29-9-3-6-23(29)20(16)14-30/h1-2,4-5,7-8,10,16,20,23H,3,6,9,11-14H2,(H,28,31)/t16-,20+,23?/m1/s1. The second-order valence-corrected chi connectivity index (χ2v) is 9.37. The largest absolute Gasteiger partial charge is 0.338 e. The maximum absolute atomic E-state index is 14.7. The van der Waals surface area contributed by atoms with Crippen molar-refractivity contribution in [3.63, 3.8) is 0 Å². The van der Waals surface area contributed by atoms with Crippen LogP contribution in [-0.4, -0.2) is 58.1 Å². The van der Waals surface area contributed by atoms with Gasteiger partial charge in [-0.15, -0.1) is 0 Å². The minimum Gasteiger partial charge on any atom is -0.338 e. The Morgan fingerprint density at radius 1 is 1.12 bits per heavy atom. The van der Waals surface area contributed by atoms with Crippen LogP contribution in [0.25, 0.3) is 10.8 Å². The summed E-state index contributed by atoms with van der Waals surface area (Å²) in [6.45, 7) is 3.68. The molecule has 4 heterocycles. The lowest BCUT2D eigenvalue weighted by molar-refractivity contribution is 0.0765. The number of rotatable bonds is 3. The van der Waals surface area contributed by atoms with E-state index in [1.165, 1.54) is 25.5 Å². The van der Waals surface area contributed by atoms with E-state index in [4.69, 9.17) is 0 Å². The average Bonchev–Trinajstić information content (AvgIpc) is 3.49. The topological polar surface area (TPSA) is 69.3 Å². The number of nitrogens with zero attached hydrogens (tertiary/aromatic N) is 3. The maximum atomic E-state index is 14.7. The Bertz CT molecular complexity index is 1270. The third-order valence-corrected chi connectivity index (χ3v) is 7.56. The van der Waals surface area contributed by atoms with Gasteiger partial charge in [-0.3, -0.25) is 14.5 Å². The zero-order valence-corrected chi connectivity index (χ0v) is 17.8. The van der Waals surface area contributed by atoms with E-state index in [2.05, 4.69) is 15.1 Å². The number of amides is 1. The number of nitrogens with one attached hydrogen (secondary N) is 1. The SMILES string of the molecule is O=C(c1cc(Cc2n[nH]c(=O)c3ccccc23)ccc1F)N1C[C@H]2CN3CCCC3[C@H]2C1. The van der Waals surface area contributed by atoms with Crippen molar-refractivity contribution in [3.8, 4) is 0 Å². The molecule has 1 aromatic heterocycles. The Morgan fingerprint density at radius 3 is 2.84 bits per heavy atom. The molecule has 3 fully saturated rings. The van der Waals surface area contributed by atoms with E-state index in [1.807, 2.05) is 23.1 Å². The monoisotopic (exact) mass is 432 g/mol. The van der Waals surface area contributed by atoms with E-state index >= 15 is 0 Å². The lowest BCUT2D eigenvalue weighted by Crippen LogP contribution is -2.35. The Morgan fingerprint density at radius 2 is 1.97 bits per heavy atom. The highest BCUT2D eigenvalue weighted by Crippen LogP contribution is 2.41. The number of carbonyl (C=O) groups is 1. The van der Waals surface area contributed by atoms with Gasteiger partial charge in [-0.05, 0) is 55.0 Å². The Hall–Kier alpha value is -3.06. The number of aromatic amines is 1. The molecule has 0 bridgehead atoms. The normalized spacial score (nSPS) is 24.8. The summed E-state index contributed by atoms with van der Waals surface area (Å²) < 4.78 is 14.7. The molecule has 1 unspecified atom stereocenters. The minimum atomic E-state index is -0.488. The van der Waals surface area contributed by atoms with Crippen LogP contribution in [0.1, 0.15) is 34.5 Å². The minimum absolute atomic E-state index is 0.125. The van der Waals surface area contributed by atoms with Crippen LogP contribution >= 0.6 is 0 Å². The van der Waals surface area contributed by atoms with E-state index < -0.39 is 5.82 Å². The van der Waals surface area contributed by atoms with Gasteiger partial charge in [-0.1, -0.05) is 24.3 Å². The summed E-state index contributed by atoms with van der Waals surface area (Å²) in [5.74, 6) is 0.316. The molecule has 3 atom stereocenters. The number of benzene rings is 2. The lowest BCUT2D eigenvalue weighted by atomic mass is 9.92. The fraction of sp³-hybridized carbons (Fsp3) is 0.400. The fourth-order valence-corrected chi connectivity index (χ4v) is 6.07. The van der Waals surface area contributed by atoms with Gasteiger partial charge in [0.05, 0.1) is 16.6 Å². The molecule has 0 saturated carbocycles. The second kappa shape index (κ2) is 7.52. The van der Waals surface area contributed by atoms with Crippen molar-refractivity contribution >= 4 is 16.7 Å². The molecule has 6 nitrogen and oxygen atoms in total. The van der Waals surface area contributed by atoms with Crippen LogP contribution in [0.4, 0.5) is 4.39 Å². The first-order chi connectivity index (χ1) is 15.6. The van der Waals surface area contributed by atoms with E-state index in [1.54, 1.807) is 18.2 Å². The van der Waals surface area contributed by atoms with Crippen LogP contribution in [-0.2, 0) is 6.42 Å². The number of carbonyl (C=O) groups excluding carboxylic acids is 1. The van der Waals surface area contributed by atoms with Gasteiger partial charge in [-0.25, -0.2) is 9.49 Å². The average molecular weight is 432 g/mol. The van der Waals surface area contributed by atoms with Crippen LogP contribution in [0.5, 0.6) is 0 Å².